The molecule has 6 nitrogen and oxygen atoms in total. The first-order valence-corrected chi connectivity index (χ1v) is 6.63. The van der Waals surface area contributed by atoms with Gasteiger partial charge >= 0.3 is 0 Å². The lowest BCUT2D eigenvalue weighted by molar-refractivity contribution is 0.422. The van der Waals surface area contributed by atoms with Crippen LogP contribution in [0.3, 0.4) is 0 Å². The zero-order valence-corrected chi connectivity index (χ0v) is 10.1. The van der Waals surface area contributed by atoms with Crippen LogP contribution in [-0.4, -0.2) is 22.9 Å². The van der Waals surface area contributed by atoms with E-state index in [-0.39, 0.29) is 5.13 Å². The summed E-state index contributed by atoms with van der Waals surface area (Å²) in [6, 6.07) is 0.762. The summed E-state index contributed by atoms with van der Waals surface area (Å²) in [6.07, 6.45) is 1.11. The van der Waals surface area contributed by atoms with Gasteiger partial charge in [-0.25, -0.2) is 22.2 Å². The maximum absolute atomic E-state index is 13.4. The van der Waals surface area contributed by atoms with Crippen molar-refractivity contribution in [3.8, 4) is 5.75 Å². The molecule has 2 aromatic rings. The number of rotatable bonds is 3. The van der Waals surface area contributed by atoms with Crippen LogP contribution in [0.5, 0.6) is 5.75 Å². The molecule has 0 amide bonds. The Hall–Kier alpha value is -1.81. The molecule has 0 saturated heterocycles. The highest BCUT2D eigenvalue weighted by atomic mass is 32.2. The van der Waals surface area contributed by atoms with Gasteiger partial charge in [0.25, 0.3) is 10.0 Å². The van der Waals surface area contributed by atoms with Crippen LogP contribution < -0.4 is 4.72 Å². The van der Waals surface area contributed by atoms with Crippen molar-refractivity contribution >= 4 is 26.7 Å². The summed E-state index contributed by atoms with van der Waals surface area (Å²) < 4.78 is 55.3. The van der Waals surface area contributed by atoms with Crippen molar-refractivity contribution in [2.75, 3.05) is 4.72 Å². The van der Waals surface area contributed by atoms with E-state index in [0.29, 0.717) is 12.1 Å². The smallest absolute Gasteiger partial charge is 0.266 e. The van der Waals surface area contributed by atoms with E-state index in [9.17, 15) is 17.2 Å². The molecule has 10 heteroatoms. The first-order chi connectivity index (χ1) is 8.40. The number of hydrogen-bond acceptors (Lipinski definition) is 6. The molecule has 1 aromatic carbocycles. The van der Waals surface area contributed by atoms with Gasteiger partial charge in [0.1, 0.15) is 17.0 Å². The molecule has 2 rings (SSSR count). The third-order valence-corrected chi connectivity index (χ3v) is 3.94. The molecule has 0 fully saturated rings. The fourth-order valence-electron chi connectivity index (χ4n) is 1.11. The molecule has 1 aromatic heterocycles. The number of nitrogens with zero attached hydrogens (tertiary/aromatic N) is 2. The largest absolute Gasteiger partial charge is 0.505 e. The lowest BCUT2D eigenvalue weighted by Crippen LogP contribution is -2.14. The molecule has 0 aliphatic carbocycles. The molecular formula is C8H5F2N3O3S2. The number of hydrogen-bond donors (Lipinski definition) is 2. The van der Waals surface area contributed by atoms with Gasteiger partial charge in [-0.15, -0.1) is 0 Å². The lowest BCUT2D eigenvalue weighted by Gasteiger charge is -2.06. The van der Waals surface area contributed by atoms with Gasteiger partial charge in [0.15, 0.2) is 11.6 Å². The van der Waals surface area contributed by atoms with Crippen LogP contribution in [0.2, 0.25) is 0 Å². The van der Waals surface area contributed by atoms with Gasteiger partial charge in [0, 0.05) is 23.7 Å². The van der Waals surface area contributed by atoms with Gasteiger partial charge in [-0.3, -0.25) is 4.72 Å². The number of aromatic hydroxyl groups is 1. The summed E-state index contributed by atoms with van der Waals surface area (Å²) in [6.45, 7) is 0. The van der Waals surface area contributed by atoms with E-state index in [1.807, 2.05) is 4.72 Å². The maximum atomic E-state index is 13.4. The predicted molar refractivity (Wildman–Crippen MR) is 58.7 cm³/mol. The summed E-state index contributed by atoms with van der Waals surface area (Å²) in [5.74, 6) is -3.48. The number of phenols is 1. The topological polar surface area (TPSA) is 92.2 Å². The van der Waals surface area contributed by atoms with Crippen LogP contribution in [0.25, 0.3) is 0 Å². The number of benzene rings is 1. The Kier molecular flexibility index (Phi) is 3.13. The zero-order chi connectivity index (χ0) is 13.3. The van der Waals surface area contributed by atoms with Crippen LogP contribution in [0.15, 0.2) is 23.4 Å². The summed E-state index contributed by atoms with van der Waals surface area (Å²) in [5, 5.41) is 8.82. The molecule has 0 spiro atoms. The van der Waals surface area contributed by atoms with Crippen molar-refractivity contribution in [1.29, 1.82) is 0 Å². The molecular weight excluding hydrogens is 288 g/mol. The van der Waals surface area contributed by atoms with Crippen LogP contribution in [0.1, 0.15) is 0 Å². The number of anilines is 1. The highest BCUT2D eigenvalue weighted by molar-refractivity contribution is 7.93. The van der Waals surface area contributed by atoms with E-state index in [4.69, 9.17) is 5.11 Å². The summed E-state index contributed by atoms with van der Waals surface area (Å²) in [5.41, 5.74) is 0. The Balaban J connectivity index is 2.44. The Morgan fingerprint density at radius 1 is 1.28 bits per heavy atom. The predicted octanol–water partition coefficient (Wildman–Crippen LogP) is 1.32. The number of sulfonamides is 1. The molecule has 0 atom stereocenters. The third kappa shape index (κ3) is 2.38. The molecule has 0 unspecified atom stereocenters. The fraction of sp³-hybridized carbons (Fsp3) is 0. The average molecular weight is 293 g/mol. The number of aromatic nitrogens is 2. The van der Waals surface area contributed by atoms with E-state index in [2.05, 4.69) is 9.36 Å². The first-order valence-electron chi connectivity index (χ1n) is 4.37. The van der Waals surface area contributed by atoms with Gasteiger partial charge in [-0.05, 0) is 0 Å². The Labute approximate surface area is 104 Å². The van der Waals surface area contributed by atoms with Gasteiger partial charge in [-0.2, -0.15) is 4.37 Å². The van der Waals surface area contributed by atoms with Crippen LogP contribution in [0.4, 0.5) is 13.9 Å². The van der Waals surface area contributed by atoms with Gasteiger partial charge < -0.3 is 5.11 Å². The highest BCUT2D eigenvalue weighted by Crippen LogP contribution is 2.25. The van der Waals surface area contributed by atoms with Gasteiger partial charge in [0.05, 0.1) is 0 Å². The Bertz CT molecular complexity index is 673. The van der Waals surface area contributed by atoms with E-state index in [0.717, 1.165) is 17.9 Å². The summed E-state index contributed by atoms with van der Waals surface area (Å²) in [4.78, 5) is 2.62. The normalized spacial score (nSPS) is 11.4. The van der Waals surface area contributed by atoms with Crippen molar-refractivity contribution in [2.45, 2.75) is 4.90 Å². The SMILES string of the molecule is O=S(=O)(Nc1ncns1)c1cc(F)c(O)cc1F. The van der Waals surface area contributed by atoms with Crippen molar-refractivity contribution in [2.24, 2.45) is 0 Å². The first kappa shape index (κ1) is 12.6. The number of halogens is 2. The van der Waals surface area contributed by atoms with E-state index in [1.54, 1.807) is 0 Å². The summed E-state index contributed by atoms with van der Waals surface area (Å²) >= 11 is 0.741. The van der Waals surface area contributed by atoms with Crippen LogP contribution in [0, 0.1) is 11.6 Å². The molecule has 96 valence electrons. The van der Waals surface area contributed by atoms with Crippen molar-refractivity contribution in [3.63, 3.8) is 0 Å². The minimum Gasteiger partial charge on any atom is -0.505 e. The number of nitrogens with one attached hydrogen (secondary N) is 1. The zero-order valence-electron chi connectivity index (χ0n) is 8.46. The second kappa shape index (κ2) is 4.46. The monoisotopic (exact) mass is 293 g/mol. The van der Waals surface area contributed by atoms with Gasteiger partial charge in [-0.1, -0.05) is 0 Å². The van der Waals surface area contributed by atoms with Crippen molar-refractivity contribution in [3.05, 3.63) is 30.1 Å². The van der Waals surface area contributed by atoms with Crippen molar-refractivity contribution in [1.82, 2.24) is 9.36 Å². The van der Waals surface area contributed by atoms with Crippen LogP contribution >= 0.6 is 11.5 Å². The second-order valence-electron chi connectivity index (χ2n) is 3.09. The molecule has 2 N–H and O–H groups in total. The molecule has 0 aliphatic heterocycles. The van der Waals surface area contributed by atoms with Gasteiger partial charge in [0.2, 0.25) is 5.13 Å². The molecule has 0 radical (unpaired) electrons. The molecule has 0 saturated carbocycles. The third-order valence-electron chi connectivity index (χ3n) is 1.87. The standard InChI is InChI=1S/C8H5F2N3O3S2/c9-4-2-7(5(10)1-6(4)14)18(15,16)13-8-11-3-12-17-8/h1-3,14H,(H,11,12,13). The maximum Gasteiger partial charge on any atom is 0.266 e. The molecule has 1 heterocycles. The fourth-order valence-corrected chi connectivity index (χ4v) is 2.85. The van der Waals surface area contributed by atoms with Crippen LogP contribution in [-0.2, 0) is 10.0 Å². The minimum absolute atomic E-state index is 0.0807. The highest BCUT2D eigenvalue weighted by Gasteiger charge is 2.22. The number of phenolic OH excluding ortho intramolecular Hbond substituents is 1. The van der Waals surface area contributed by atoms with E-state index < -0.39 is 32.3 Å². The second-order valence-corrected chi connectivity index (χ2v) is 5.52. The Morgan fingerprint density at radius 2 is 2.00 bits per heavy atom. The van der Waals surface area contributed by atoms with E-state index >= 15 is 0 Å². The summed E-state index contributed by atoms with van der Waals surface area (Å²) in [7, 11) is -4.32. The molecule has 18 heavy (non-hydrogen) atoms. The molecule has 0 aliphatic rings. The Morgan fingerprint density at radius 3 is 2.61 bits per heavy atom. The van der Waals surface area contributed by atoms with Crippen molar-refractivity contribution < 1.29 is 22.3 Å². The quantitative estimate of drug-likeness (QED) is 0.890. The average Bonchev–Trinajstić information content (AvgIpc) is 2.75. The minimum atomic E-state index is -4.32. The van der Waals surface area contributed by atoms with E-state index in [1.165, 1.54) is 0 Å². The molecule has 0 bridgehead atoms. The lowest BCUT2D eigenvalue weighted by atomic mass is 10.3.